The highest BCUT2D eigenvalue weighted by Gasteiger charge is 2.62. The predicted molar refractivity (Wildman–Crippen MR) is 240 cm³/mol. The number of carbonyl (C=O) groups is 4. The van der Waals surface area contributed by atoms with Gasteiger partial charge in [-0.2, -0.15) is 4.98 Å². The molecule has 3 amide bonds. The SMILES string of the molecule is C=C[C@@H]1CC1(NC(=O)[C@@H]1CC(Cc2cc(-c3coc(NC(C)C)n3)nc3c(Cl)c(OCCN4CCOCC4)ccc23)CN1C(=O)[C@@H](NC(=O)O[C@@H]1C[C@@H]2C[C@@H]2C1)C(C)(C)C)C(=O)OC. The quantitative estimate of drug-likeness (QED) is 0.112. The van der Waals surface area contributed by atoms with Gasteiger partial charge in [-0.15, -0.1) is 6.58 Å². The molecule has 2 unspecified atom stereocenters. The highest BCUT2D eigenvalue weighted by atomic mass is 35.5. The molecule has 16 nitrogen and oxygen atoms in total. The molecule has 3 aliphatic carbocycles. The third-order valence-electron chi connectivity index (χ3n) is 13.4. The van der Waals surface area contributed by atoms with E-state index >= 15 is 0 Å². The van der Waals surface area contributed by atoms with Gasteiger partial charge in [0.1, 0.15) is 53.1 Å². The zero-order chi connectivity index (χ0) is 45.5. The van der Waals surface area contributed by atoms with Crippen LogP contribution in [0.4, 0.5) is 10.8 Å². The summed E-state index contributed by atoms with van der Waals surface area (Å²) < 4.78 is 28.4. The van der Waals surface area contributed by atoms with E-state index in [-0.39, 0.29) is 36.9 Å². The topological polar surface area (TPSA) is 187 Å². The number of anilines is 1. The van der Waals surface area contributed by atoms with Crippen LogP contribution in [-0.2, 0) is 35.0 Å². The highest BCUT2D eigenvalue weighted by molar-refractivity contribution is 6.36. The fourth-order valence-electron chi connectivity index (χ4n) is 9.77. The van der Waals surface area contributed by atoms with Gasteiger partial charge in [-0.3, -0.25) is 14.5 Å². The number of ether oxygens (including phenoxy) is 4. The molecule has 64 heavy (non-hydrogen) atoms. The van der Waals surface area contributed by atoms with E-state index in [9.17, 15) is 19.2 Å². The van der Waals surface area contributed by atoms with Crippen LogP contribution >= 0.6 is 11.6 Å². The first-order valence-corrected chi connectivity index (χ1v) is 23.0. The fourth-order valence-corrected chi connectivity index (χ4v) is 10.0. The number of hydrogen-bond acceptors (Lipinski definition) is 13. The Morgan fingerprint density at radius 2 is 1.81 bits per heavy atom. The second-order valence-corrected chi connectivity index (χ2v) is 20.0. The summed E-state index contributed by atoms with van der Waals surface area (Å²) in [5.74, 6) is -0.330. The number of benzene rings is 1. The number of esters is 1. The lowest BCUT2D eigenvalue weighted by molar-refractivity contribution is -0.148. The average molecular weight is 905 g/mol. The molecule has 8 rings (SSSR count). The van der Waals surface area contributed by atoms with Gasteiger partial charge in [-0.25, -0.2) is 14.6 Å². The van der Waals surface area contributed by atoms with E-state index in [1.54, 1.807) is 17.2 Å². The maximum absolute atomic E-state index is 14.9. The number of pyridine rings is 1. The highest BCUT2D eigenvalue weighted by Crippen LogP contribution is 2.52. The predicted octanol–water partition coefficient (Wildman–Crippen LogP) is 6.01. The van der Waals surface area contributed by atoms with Crippen molar-refractivity contribution in [1.82, 2.24) is 30.4 Å². The maximum Gasteiger partial charge on any atom is 0.408 e. The number of nitrogens with zero attached hydrogens (tertiary/aromatic N) is 4. The molecule has 3 saturated carbocycles. The largest absolute Gasteiger partial charge is 0.491 e. The molecule has 3 N–H and O–H groups in total. The lowest BCUT2D eigenvalue weighted by Gasteiger charge is -2.35. The maximum atomic E-state index is 14.9. The fraction of sp³-hybridized carbons (Fsp3) is 0.617. The molecule has 8 atom stereocenters. The van der Waals surface area contributed by atoms with Crippen molar-refractivity contribution in [3.63, 3.8) is 0 Å². The van der Waals surface area contributed by atoms with E-state index in [4.69, 9.17) is 39.9 Å². The minimum Gasteiger partial charge on any atom is -0.491 e. The number of fused-ring (bicyclic) bond motifs is 2. The van der Waals surface area contributed by atoms with Crippen LogP contribution in [0.15, 0.2) is 41.5 Å². The normalized spacial score (nSPS) is 26.8. The lowest BCUT2D eigenvalue weighted by Crippen LogP contribution is -2.59. The van der Waals surface area contributed by atoms with E-state index in [1.165, 1.54) is 13.5 Å². The second-order valence-electron chi connectivity index (χ2n) is 19.6. The Kier molecular flexibility index (Phi) is 13.2. The third-order valence-corrected chi connectivity index (χ3v) is 13.8. The zero-order valence-electron chi connectivity index (χ0n) is 37.7. The minimum atomic E-state index is -1.27. The van der Waals surface area contributed by atoms with Gasteiger partial charge in [0.2, 0.25) is 11.8 Å². The summed E-state index contributed by atoms with van der Waals surface area (Å²) in [6, 6.07) is 4.17. The molecular formula is C47H62ClN7O9. The number of halogens is 1. The van der Waals surface area contributed by atoms with Gasteiger partial charge in [0.05, 0.1) is 31.5 Å². The third kappa shape index (κ3) is 9.83. The molecule has 2 saturated heterocycles. The summed E-state index contributed by atoms with van der Waals surface area (Å²) in [5.41, 5.74) is 0.375. The van der Waals surface area contributed by atoms with Crippen molar-refractivity contribution in [2.45, 2.75) is 103 Å². The van der Waals surface area contributed by atoms with E-state index in [0.29, 0.717) is 78.2 Å². The van der Waals surface area contributed by atoms with Crippen molar-refractivity contribution in [2.24, 2.45) is 29.1 Å². The minimum absolute atomic E-state index is 0.0815. The first kappa shape index (κ1) is 45.6. The first-order chi connectivity index (χ1) is 30.6. The molecule has 1 aromatic carbocycles. The lowest BCUT2D eigenvalue weighted by atomic mass is 9.85. The molecule has 2 aliphatic heterocycles. The molecule has 2 aromatic heterocycles. The van der Waals surface area contributed by atoms with Gasteiger partial charge in [0, 0.05) is 43.5 Å². The van der Waals surface area contributed by atoms with Crippen molar-refractivity contribution in [1.29, 1.82) is 0 Å². The zero-order valence-corrected chi connectivity index (χ0v) is 38.5. The summed E-state index contributed by atoms with van der Waals surface area (Å²) in [6.45, 7) is 17.8. The number of rotatable bonds is 16. The Bertz CT molecular complexity index is 2250. The Morgan fingerprint density at radius 1 is 1.06 bits per heavy atom. The molecule has 0 spiro atoms. The number of methoxy groups -OCH3 is 1. The van der Waals surface area contributed by atoms with Gasteiger partial charge < -0.3 is 44.2 Å². The molecule has 3 aromatic rings. The number of morpholine rings is 1. The Morgan fingerprint density at radius 3 is 2.48 bits per heavy atom. The number of oxazole rings is 1. The summed E-state index contributed by atoms with van der Waals surface area (Å²) in [6.07, 6.45) is 6.21. The van der Waals surface area contributed by atoms with E-state index in [0.717, 1.165) is 43.4 Å². The van der Waals surface area contributed by atoms with Crippen LogP contribution in [0.3, 0.4) is 0 Å². The van der Waals surface area contributed by atoms with Gasteiger partial charge in [0.25, 0.3) is 6.01 Å². The van der Waals surface area contributed by atoms with Crippen molar-refractivity contribution in [3.05, 3.63) is 47.7 Å². The van der Waals surface area contributed by atoms with Gasteiger partial charge in [0.15, 0.2) is 0 Å². The van der Waals surface area contributed by atoms with Crippen molar-refractivity contribution < 1.29 is 42.5 Å². The molecule has 0 radical (unpaired) electrons. The van der Waals surface area contributed by atoms with Crippen LogP contribution in [0.5, 0.6) is 5.75 Å². The molecule has 17 heteroatoms. The standard InChI is InChI=1S/C47H62ClN7O9/c1-8-31-23-47(31,43(58)60-7)53-41(56)36-18-27(24-55(36)42(57)40(46(4,5)6)52-45(59)64-32-20-28-19-29(28)21-32)17-30-22-34(35-25-63-44(51-35)49-26(2)3)50-39-33(30)9-10-37(38(39)48)62-16-13-54-11-14-61-15-12-54/h8-10,22,25-29,31-32,36,40H,1,11-21,23-24H2,2-7H3,(H,49,51)(H,52,59)(H,53,56)/t27?,28-,29+,31-,32+,36+,40-,47?/m1/s1. The van der Waals surface area contributed by atoms with Crippen LogP contribution in [-0.4, -0.2) is 127 Å². The number of likely N-dealkylation sites (tertiary alicyclic amines) is 1. The molecule has 4 heterocycles. The molecule has 5 aliphatic rings. The summed E-state index contributed by atoms with van der Waals surface area (Å²) in [4.78, 5) is 69.5. The van der Waals surface area contributed by atoms with Crippen LogP contribution in [0.1, 0.15) is 72.3 Å². The number of alkyl carbamates (subject to hydrolysis) is 1. The molecule has 346 valence electrons. The molecular weight excluding hydrogens is 842 g/mol. The van der Waals surface area contributed by atoms with Crippen LogP contribution in [0.2, 0.25) is 5.02 Å². The van der Waals surface area contributed by atoms with Gasteiger partial charge in [-0.1, -0.05) is 38.4 Å². The smallest absolute Gasteiger partial charge is 0.408 e. The monoisotopic (exact) mass is 903 g/mol. The Labute approximate surface area is 379 Å². The number of nitrogens with one attached hydrogen (secondary N) is 3. The average Bonchev–Trinajstić information content (AvgIpc) is 3.92. The number of hydrogen-bond donors (Lipinski definition) is 3. The number of amides is 3. The Hall–Kier alpha value is -4.93. The van der Waals surface area contributed by atoms with Crippen LogP contribution < -0.4 is 20.7 Å². The summed E-state index contributed by atoms with van der Waals surface area (Å²) in [7, 11) is 1.28. The number of aromatic nitrogens is 2. The first-order valence-electron chi connectivity index (χ1n) is 22.6. The van der Waals surface area contributed by atoms with Crippen molar-refractivity contribution >= 4 is 52.4 Å². The van der Waals surface area contributed by atoms with E-state index in [2.05, 4.69) is 32.4 Å². The van der Waals surface area contributed by atoms with E-state index < -0.39 is 46.9 Å². The van der Waals surface area contributed by atoms with Crippen LogP contribution in [0, 0.1) is 29.1 Å². The Balaban J connectivity index is 1.10. The summed E-state index contributed by atoms with van der Waals surface area (Å²) in [5, 5.41) is 10.2. The van der Waals surface area contributed by atoms with Gasteiger partial charge >= 0.3 is 12.1 Å². The van der Waals surface area contributed by atoms with Gasteiger partial charge in [-0.05, 0) is 99.3 Å². The number of carbonyl (C=O) groups excluding carboxylic acids is 4. The summed E-state index contributed by atoms with van der Waals surface area (Å²) >= 11 is 7.15. The second kappa shape index (κ2) is 18.5. The van der Waals surface area contributed by atoms with E-state index in [1.807, 2.05) is 52.8 Å². The van der Waals surface area contributed by atoms with Crippen molar-refractivity contribution in [2.75, 3.05) is 58.4 Å². The van der Waals surface area contributed by atoms with Crippen LogP contribution in [0.25, 0.3) is 22.3 Å². The van der Waals surface area contributed by atoms with Crippen molar-refractivity contribution in [3.8, 4) is 17.1 Å². The molecule has 0 bridgehead atoms. The molecule has 5 fully saturated rings.